The van der Waals surface area contributed by atoms with E-state index in [0.29, 0.717) is 29.7 Å². The fourth-order valence-corrected chi connectivity index (χ4v) is 3.73. The van der Waals surface area contributed by atoms with Gasteiger partial charge < -0.3 is 5.32 Å². The van der Waals surface area contributed by atoms with E-state index in [0.717, 1.165) is 24.0 Å². The Bertz CT molecular complexity index is 1110. The molecule has 0 atom stereocenters. The minimum absolute atomic E-state index is 0.0145. The topological polar surface area (TPSA) is 81.0 Å². The van der Waals surface area contributed by atoms with E-state index in [1.54, 1.807) is 42.5 Å². The van der Waals surface area contributed by atoms with Crippen molar-refractivity contribution < 1.29 is 18.1 Å². The Labute approximate surface area is 176 Å². The summed E-state index contributed by atoms with van der Waals surface area (Å²) in [6, 6.07) is 13.6. The fraction of sp³-hybridized carbons (Fsp3) is 0.273. The first-order valence-electron chi connectivity index (χ1n) is 9.86. The number of hydrogen-bond donors (Lipinski definition) is 1. The van der Waals surface area contributed by atoms with Crippen molar-refractivity contribution >= 4 is 11.5 Å². The average Bonchev–Trinajstić information content (AvgIpc) is 2.77. The van der Waals surface area contributed by atoms with Crippen molar-refractivity contribution in [3.05, 3.63) is 81.3 Å². The highest BCUT2D eigenvalue weighted by Crippen LogP contribution is 2.33. The monoisotopic (exact) mass is 428 g/mol. The van der Waals surface area contributed by atoms with Crippen molar-refractivity contribution in [3.8, 4) is 11.1 Å². The highest BCUT2D eigenvalue weighted by atomic mass is 19.4. The highest BCUT2D eigenvalue weighted by molar-refractivity contribution is 5.73. The quantitative estimate of drug-likeness (QED) is 0.425. The molecule has 1 heterocycles. The van der Waals surface area contributed by atoms with Crippen LogP contribution in [0.3, 0.4) is 0 Å². The van der Waals surface area contributed by atoms with Gasteiger partial charge in [-0.15, -0.1) is 0 Å². The second-order valence-electron chi connectivity index (χ2n) is 7.35. The van der Waals surface area contributed by atoms with Gasteiger partial charge in [-0.3, -0.25) is 10.1 Å². The number of nitro benzene ring substituents is 1. The van der Waals surface area contributed by atoms with Gasteiger partial charge in [0, 0.05) is 23.9 Å². The van der Waals surface area contributed by atoms with Gasteiger partial charge in [0.15, 0.2) is 0 Å². The molecule has 0 saturated carbocycles. The zero-order valence-corrected chi connectivity index (χ0v) is 16.4. The number of nitrogens with one attached hydrogen (secondary N) is 1. The highest BCUT2D eigenvalue weighted by Gasteiger charge is 2.36. The number of rotatable bonds is 5. The van der Waals surface area contributed by atoms with E-state index in [9.17, 15) is 23.3 Å². The Hall–Kier alpha value is -3.49. The molecule has 9 heteroatoms. The number of nitrogens with zero attached hydrogens (tertiary/aromatic N) is 3. The summed E-state index contributed by atoms with van der Waals surface area (Å²) in [5.74, 6) is -0.901. The van der Waals surface area contributed by atoms with Gasteiger partial charge in [0.05, 0.1) is 10.5 Å². The van der Waals surface area contributed by atoms with E-state index in [1.807, 2.05) is 0 Å². The number of halogens is 3. The Morgan fingerprint density at radius 1 is 1.00 bits per heavy atom. The number of fused-ring (bicyclic) bond motifs is 1. The molecule has 0 bridgehead atoms. The summed E-state index contributed by atoms with van der Waals surface area (Å²) in [6.45, 7) is 0.276. The van der Waals surface area contributed by atoms with Crippen LogP contribution in [0.25, 0.3) is 11.1 Å². The van der Waals surface area contributed by atoms with Crippen LogP contribution in [0.4, 0.5) is 24.7 Å². The van der Waals surface area contributed by atoms with Crippen molar-refractivity contribution in [1.29, 1.82) is 0 Å². The minimum Gasteiger partial charge on any atom is -0.366 e. The molecule has 0 fully saturated rings. The van der Waals surface area contributed by atoms with Gasteiger partial charge in [0.2, 0.25) is 5.82 Å². The fourth-order valence-electron chi connectivity index (χ4n) is 3.73. The van der Waals surface area contributed by atoms with Crippen LogP contribution in [0, 0.1) is 10.1 Å². The zero-order valence-electron chi connectivity index (χ0n) is 16.4. The molecule has 1 N–H and O–H groups in total. The molecule has 4 rings (SSSR count). The van der Waals surface area contributed by atoms with Gasteiger partial charge in [-0.1, -0.05) is 36.4 Å². The number of alkyl halides is 3. The summed E-state index contributed by atoms with van der Waals surface area (Å²) in [5.41, 5.74) is 3.24. The lowest BCUT2D eigenvalue weighted by Crippen LogP contribution is -2.19. The third-order valence-electron chi connectivity index (χ3n) is 5.26. The van der Waals surface area contributed by atoms with Crippen LogP contribution >= 0.6 is 0 Å². The number of hydrogen-bond acceptors (Lipinski definition) is 5. The molecule has 0 saturated heterocycles. The molecule has 31 heavy (non-hydrogen) atoms. The summed E-state index contributed by atoms with van der Waals surface area (Å²) < 4.78 is 39.6. The number of benzene rings is 2. The molecular formula is C22H19F3N4O2. The molecule has 1 aliphatic rings. The van der Waals surface area contributed by atoms with Crippen molar-refractivity contribution in [2.75, 3.05) is 5.32 Å². The standard InChI is InChI=1S/C22H19F3N4O2/c23-22(24,25)21-27-18-7-3-1-6-17(18)20(28-21)26-13-14-9-11-15(12-10-14)16-5-2-4-8-19(16)29(30)31/h2,4-5,8-12H,1,3,6-7,13H2,(H,26,27,28). The van der Waals surface area contributed by atoms with E-state index in [1.165, 1.54) is 6.07 Å². The smallest absolute Gasteiger partial charge is 0.366 e. The van der Waals surface area contributed by atoms with Gasteiger partial charge >= 0.3 is 6.18 Å². The predicted octanol–water partition coefficient (Wildman–Crippen LogP) is 5.56. The number of nitro groups is 1. The second kappa shape index (κ2) is 8.33. The SMILES string of the molecule is O=[N+]([O-])c1ccccc1-c1ccc(CNc2nc(C(F)(F)F)nc3c2CCCC3)cc1. The second-order valence-corrected chi connectivity index (χ2v) is 7.35. The first-order valence-corrected chi connectivity index (χ1v) is 9.86. The minimum atomic E-state index is -4.60. The number of aromatic nitrogens is 2. The molecule has 1 aliphatic carbocycles. The lowest BCUT2D eigenvalue weighted by Gasteiger charge is -2.20. The lowest BCUT2D eigenvalue weighted by atomic mass is 9.96. The molecule has 0 unspecified atom stereocenters. The third-order valence-corrected chi connectivity index (χ3v) is 5.26. The van der Waals surface area contributed by atoms with E-state index in [-0.39, 0.29) is 18.1 Å². The summed E-state index contributed by atoms with van der Waals surface area (Å²) in [4.78, 5) is 18.3. The molecule has 1 aromatic heterocycles. The number of anilines is 1. The molecule has 0 amide bonds. The van der Waals surface area contributed by atoms with Crippen molar-refractivity contribution in [2.24, 2.45) is 0 Å². The van der Waals surface area contributed by atoms with Crippen LogP contribution in [-0.2, 0) is 25.6 Å². The van der Waals surface area contributed by atoms with E-state index in [2.05, 4.69) is 15.3 Å². The van der Waals surface area contributed by atoms with Crippen molar-refractivity contribution in [2.45, 2.75) is 38.4 Å². The first-order chi connectivity index (χ1) is 14.8. The third kappa shape index (κ3) is 4.50. The van der Waals surface area contributed by atoms with Crippen molar-refractivity contribution in [1.82, 2.24) is 9.97 Å². The van der Waals surface area contributed by atoms with Crippen LogP contribution < -0.4 is 5.32 Å². The summed E-state index contributed by atoms with van der Waals surface area (Å²) in [7, 11) is 0. The normalized spacial score (nSPS) is 13.5. The predicted molar refractivity (Wildman–Crippen MR) is 110 cm³/mol. The summed E-state index contributed by atoms with van der Waals surface area (Å²) in [6.07, 6.45) is -1.74. The maximum Gasteiger partial charge on any atom is 0.451 e. The van der Waals surface area contributed by atoms with Crippen LogP contribution in [0.1, 0.15) is 35.5 Å². The van der Waals surface area contributed by atoms with Crippen LogP contribution in [0.2, 0.25) is 0 Å². The molecule has 6 nitrogen and oxygen atoms in total. The first kappa shape index (κ1) is 20.8. The molecule has 0 spiro atoms. The van der Waals surface area contributed by atoms with E-state index >= 15 is 0 Å². The van der Waals surface area contributed by atoms with Crippen LogP contribution in [0.5, 0.6) is 0 Å². The van der Waals surface area contributed by atoms with Gasteiger partial charge in [0.25, 0.3) is 5.69 Å². The molecule has 2 aromatic carbocycles. The molecule has 0 radical (unpaired) electrons. The van der Waals surface area contributed by atoms with Crippen molar-refractivity contribution in [3.63, 3.8) is 0 Å². The summed E-state index contributed by atoms with van der Waals surface area (Å²) >= 11 is 0. The Kier molecular flexibility index (Phi) is 5.58. The van der Waals surface area contributed by atoms with Gasteiger partial charge in [0.1, 0.15) is 5.82 Å². The maximum atomic E-state index is 13.2. The van der Waals surface area contributed by atoms with Crippen LogP contribution in [-0.4, -0.2) is 14.9 Å². The van der Waals surface area contributed by atoms with Gasteiger partial charge in [-0.25, -0.2) is 9.97 Å². The Morgan fingerprint density at radius 3 is 2.42 bits per heavy atom. The molecule has 3 aromatic rings. The lowest BCUT2D eigenvalue weighted by molar-refractivity contribution is -0.384. The van der Waals surface area contributed by atoms with E-state index < -0.39 is 16.9 Å². The zero-order chi connectivity index (χ0) is 22.0. The molecule has 160 valence electrons. The maximum absolute atomic E-state index is 13.2. The summed E-state index contributed by atoms with van der Waals surface area (Å²) in [5, 5.41) is 14.3. The molecular weight excluding hydrogens is 409 g/mol. The van der Waals surface area contributed by atoms with Gasteiger partial charge in [-0.05, 0) is 42.9 Å². The molecule has 0 aliphatic heterocycles. The Morgan fingerprint density at radius 2 is 1.71 bits per heavy atom. The average molecular weight is 428 g/mol. The number of aryl methyl sites for hydroxylation is 1. The van der Waals surface area contributed by atoms with Crippen LogP contribution in [0.15, 0.2) is 48.5 Å². The van der Waals surface area contributed by atoms with E-state index in [4.69, 9.17) is 0 Å². The number of para-hydroxylation sites is 1. The Balaban J connectivity index is 1.56. The largest absolute Gasteiger partial charge is 0.451 e. The van der Waals surface area contributed by atoms with Gasteiger partial charge in [-0.2, -0.15) is 13.2 Å².